The summed E-state index contributed by atoms with van der Waals surface area (Å²) >= 11 is 0. The Labute approximate surface area is 116 Å². The van der Waals surface area contributed by atoms with Gasteiger partial charge in [0.05, 0.1) is 13.1 Å². The van der Waals surface area contributed by atoms with E-state index in [9.17, 15) is 9.59 Å². The molecule has 0 amide bonds. The van der Waals surface area contributed by atoms with Gasteiger partial charge < -0.3 is 5.11 Å². The lowest BCUT2D eigenvalue weighted by molar-refractivity contribution is -0.138. The molecule has 0 aliphatic heterocycles. The predicted octanol–water partition coefficient (Wildman–Crippen LogP) is 0.293. The van der Waals surface area contributed by atoms with Gasteiger partial charge in [-0.3, -0.25) is 14.1 Å². The van der Waals surface area contributed by atoms with Gasteiger partial charge in [0, 0.05) is 12.7 Å². The number of hydrogen-bond donors (Lipinski definition) is 1. The van der Waals surface area contributed by atoms with Crippen LogP contribution in [0.3, 0.4) is 0 Å². The van der Waals surface area contributed by atoms with E-state index in [1.807, 2.05) is 13.0 Å². The topological polar surface area (TPSA) is 79.8 Å². The number of carbonyl (C=O) groups is 1. The Balaban J connectivity index is 2.09. The zero-order valence-electron chi connectivity index (χ0n) is 11.4. The molecule has 2 aromatic rings. The average molecular weight is 278 g/mol. The molecule has 7 nitrogen and oxygen atoms in total. The highest BCUT2D eigenvalue weighted by atomic mass is 16.4. The third kappa shape index (κ3) is 3.24. The van der Waals surface area contributed by atoms with E-state index in [1.54, 1.807) is 23.2 Å². The van der Waals surface area contributed by atoms with E-state index in [0.29, 0.717) is 25.3 Å². The molecule has 2 aromatic heterocycles. The highest BCUT2D eigenvalue weighted by molar-refractivity contribution is 5.69. The van der Waals surface area contributed by atoms with Crippen molar-refractivity contribution in [3.8, 4) is 0 Å². The molecule has 0 unspecified atom stereocenters. The van der Waals surface area contributed by atoms with E-state index in [-0.39, 0.29) is 12.2 Å². The number of carboxylic acids is 1. The maximum absolute atomic E-state index is 12.0. The molecule has 0 spiro atoms. The Morgan fingerprint density at radius 2 is 2.20 bits per heavy atom. The van der Waals surface area contributed by atoms with Crippen molar-refractivity contribution in [2.24, 2.45) is 0 Å². The normalized spacial score (nSPS) is 11.3. The second kappa shape index (κ2) is 6.33. The number of nitrogens with zero attached hydrogens (tertiary/aromatic N) is 4. The quantitative estimate of drug-likeness (QED) is 0.787. The molecule has 0 bridgehead atoms. The monoisotopic (exact) mass is 278 g/mol. The van der Waals surface area contributed by atoms with Crippen LogP contribution < -0.4 is 5.69 Å². The number of hydrogen-bond acceptors (Lipinski definition) is 4. The molecule has 108 valence electrons. The Kier molecular flexibility index (Phi) is 4.52. The summed E-state index contributed by atoms with van der Waals surface area (Å²) in [6.07, 6.45) is 2.54. The molecule has 1 N–H and O–H groups in total. The van der Waals surface area contributed by atoms with Gasteiger partial charge in [-0.25, -0.2) is 9.48 Å². The fourth-order valence-electron chi connectivity index (χ4n) is 2.13. The summed E-state index contributed by atoms with van der Waals surface area (Å²) in [6, 6.07) is 5.35. The van der Waals surface area contributed by atoms with Crippen LogP contribution in [-0.4, -0.2) is 49.8 Å². The Bertz CT molecular complexity index is 646. The van der Waals surface area contributed by atoms with Gasteiger partial charge in [-0.15, -0.1) is 5.10 Å². The SMILES string of the molecule is CCCN(CCn1nc2ccccn2c1=O)CC(=O)O. The Hall–Kier alpha value is -2.15. The van der Waals surface area contributed by atoms with Gasteiger partial charge in [-0.2, -0.15) is 0 Å². The number of fused-ring (bicyclic) bond motifs is 1. The molecule has 20 heavy (non-hydrogen) atoms. The van der Waals surface area contributed by atoms with Crippen molar-refractivity contribution in [3.63, 3.8) is 0 Å². The largest absolute Gasteiger partial charge is 0.480 e. The van der Waals surface area contributed by atoms with Gasteiger partial charge in [-0.1, -0.05) is 13.0 Å². The van der Waals surface area contributed by atoms with Crippen LogP contribution in [0.15, 0.2) is 29.2 Å². The number of aliphatic carboxylic acids is 1. The van der Waals surface area contributed by atoms with Gasteiger partial charge >= 0.3 is 11.7 Å². The van der Waals surface area contributed by atoms with Crippen LogP contribution in [0.4, 0.5) is 0 Å². The van der Waals surface area contributed by atoms with Crippen molar-refractivity contribution in [1.82, 2.24) is 19.1 Å². The zero-order valence-corrected chi connectivity index (χ0v) is 11.4. The average Bonchev–Trinajstić information content (AvgIpc) is 2.73. The van der Waals surface area contributed by atoms with Crippen molar-refractivity contribution in [3.05, 3.63) is 34.9 Å². The molecule has 0 aliphatic carbocycles. The fraction of sp³-hybridized carbons (Fsp3) is 0.462. The summed E-state index contributed by atoms with van der Waals surface area (Å²) in [5, 5.41) is 13.1. The van der Waals surface area contributed by atoms with Crippen LogP contribution in [0.25, 0.3) is 5.65 Å². The van der Waals surface area contributed by atoms with Gasteiger partial charge in [0.15, 0.2) is 5.65 Å². The van der Waals surface area contributed by atoms with E-state index in [4.69, 9.17) is 5.11 Å². The fourth-order valence-corrected chi connectivity index (χ4v) is 2.13. The minimum absolute atomic E-state index is 0.0179. The summed E-state index contributed by atoms with van der Waals surface area (Å²) in [7, 11) is 0. The molecule has 0 saturated heterocycles. The first kappa shape index (κ1) is 14.3. The minimum atomic E-state index is -0.860. The molecule has 0 fully saturated rings. The summed E-state index contributed by atoms with van der Waals surface area (Å²) in [6.45, 7) is 3.54. The van der Waals surface area contributed by atoms with E-state index in [2.05, 4.69) is 5.10 Å². The maximum Gasteiger partial charge on any atom is 0.350 e. The van der Waals surface area contributed by atoms with Crippen molar-refractivity contribution in [2.45, 2.75) is 19.9 Å². The van der Waals surface area contributed by atoms with E-state index in [0.717, 1.165) is 6.42 Å². The van der Waals surface area contributed by atoms with E-state index < -0.39 is 5.97 Å². The molecule has 2 heterocycles. The molecular weight excluding hydrogens is 260 g/mol. The standard InChI is InChI=1S/C13H18N4O3/c1-2-6-15(10-12(18)19)8-9-17-13(20)16-7-4-3-5-11(16)14-17/h3-5,7H,2,6,8-10H2,1H3,(H,18,19). The molecule has 2 rings (SSSR count). The first-order valence-electron chi connectivity index (χ1n) is 6.60. The molecule has 0 aliphatic rings. The van der Waals surface area contributed by atoms with Crippen molar-refractivity contribution >= 4 is 11.6 Å². The second-order valence-electron chi connectivity index (χ2n) is 4.60. The minimum Gasteiger partial charge on any atom is -0.480 e. The Morgan fingerprint density at radius 1 is 1.40 bits per heavy atom. The molecule has 0 saturated carbocycles. The van der Waals surface area contributed by atoms with Crippen LogP contribution in [0.5, 0.6) is 0 Å². The number of pyridine rings is 1. The first-order valence-corrected chi connectivity index (χ1v) is 6.60. The second-order valence-corrected chi connectivity index (χ2v) is 4.60. The number of aromatic nitrogens is 3. The number of rotatable bonds is 7. The number of carboxylic acid groups (broad SMARTS) is 1. The lowest BCUT2D eigenvalue weighted by Crippen LogP contribution is -2.35. The van der Waals surface area contributed by atoms with Crippen LogP contribution in [0.2, 0.25) is 0 Å². The summed E-state index contributed by atoms with van der Waals surface area (Å²) in [5.74, 6) is -0.860. The molecular formula is C13H18N4O3. The summed E-state index contributed by atoms with van der Waals surface area (Å²) in [5.41, 5.74) is 0.394. The molecule has 0 radical (unpaired) electrons. The highest BCUT2D eigenvalue weighted by Gasteiger charge is 2.11. The maximum atomic E-state index is 12.0. The van der Waals surface area contributed by atoms with Crippen LogP contribution >= 0.6 is 0 Å². The summed E-state index contributed by atoms with van der Waals surface area (Å²) < 4.78 is 2.85. The van der Waals surface area contributed by atoms with Crippen LogP contribution in [0.1, 0.15) is 13.3 Å². The van der Waals surface area contributed by atoms with Gasteiger partial charge in [0.25, 0.3) is 0 Å². The van der Waals surface area contributed by atoms with Gasteiger partial charge in [0.2, 0.25) is 0 Å². The predicted molar refractivity (Wildman–Crippen MR) is 73.8 cm³/mol. The van der Waals surface area contributed by atoms with Gasteiger partial charge in [0.1, 0.15) is 0 Å². The third-order valence-corrected chi connectivity index (χ3v) is 3.02. The van der Waals surface area contributed by atoms with Crippen molar-refractivity contribution in [2.75, 3.05) is 19.6 Å². The summed E-state index contributed by atoms with van der Waals surface area (Å²) in [4.78, 5) is 24.6. The molecule has 0 aromatic carbocycles. The third-order valence-electron chi connectivity index (χ3n) is 3.02. The lowest BCUT2D eigenvalue weighted by atomic mass is 10.4. The molecule has 7 heteroatoms. The van der Waals surface area contributed by atoms with E-state index in [1.165, 1.54) is 9.08 Å². The van der Waals surface area contributed by atoms with Crippen molar-refractivity contribution < 1.29 is 9.90 Å². The zero-order chi connectivity index (χ0) is 14.5. The highest BCUT2D eigenvalue weighted by Crippen LogP contribution is 1.97. The van der Waals surface area contributed by atoms with Gasteiger partial charge in [-0.05, 0) is 25.1 Å². The smallest absolute Gasteiger partial charge is 0.350 e. The van der Waals surface area contributed by atoms with Crippen LogP contribution in [-0.2, 0) is 11.3 Å². The molecule has 0 atom stereocenters. The Morgan fingerprint density at radius 3 is 2.85 bits per heavy atom. The van der Waals surface area contributed by atoms with Crippen LogP contribution in [0, 0.1) is 0 Å². The first-order chi connectivity index (χ1) is 9.61. The lowest BCUT2D eigenvalue weighted by Gasteiger charge is -2.18. The van der Waals surface area contributed by atoms with E-state index >= 15 is 0 Å². The van der Waals surface area contributed by atoms with Crippen molar-refractivity contribution in [1.29, 1.82) is 0 Å².